The largest absolute Gasteiger partial charge is 1.00 e. The molecule has 0 amide bonds. The maximum absolute atomic E-state index is 11.1. The molecular weight excluding hydrogens is 495 g/mol. The van der Waals surface area contributed by atoms with Crippen molar-refractivity contribution in [3.8, 4) is 12.1 Å². The van der Waals surface area contributed by atoms with Crippen molar-refractivity contribution in [2.45, 2.75) is 13.3 Å². The molecule has 0 saturated heterocycles. The average molecular weight is 517 g/mol. The zero-order valence-corrected chi connectivity index (χ0v) is 23.3. The molecule has 1 aliphatic rings. The number of anilines is 2. The Morgan fingerprint density at radius 2 is 1.80 bits per heavy atom. The third kappa shape index (κ3) is 6.99. The minimum absolute atomic E-state index is 0. The number of nitriles is 2. The van der Waals surface area contributed by atoms with Crippen LogP contribution in [-0.2, 0) is 10.1 Å². The summed E-state index contributed by atoms with van der Waals surface area (Å²) in [6.07, 6.45) is 3.51. The molecule has 0 bridgehead atoms. The molecule has 2 aromatic rings. The molecule has 10 heteroatoms. The molecule has 174 valence electrons. The second-order valence-corrected chi connectivity index (χ2v) is 9.61. The third-order valence-corrected chi connectivity index (χ3v) is 6.40. The van der Waals surface area contributed by atoms with Crippen molar-refractivity contribution < 1.29 is 42.5 Å². The Morgan fingerprint density at radius 3 is 2.40 bits per heavy atom. The Morgan fingerprint density at radius 1 is 1.11 bits per heavy atom. The van der Waals surface area contributed by atoms with E-state index < -0.39 is 15.9 Å². The first-order valence-corrected chi connectivity index (χ1v) is 12.3. The van der Waals surface area contributed by atoms with Crippen LogP contribution in [0.2, 0.25) is 5.02 Å². The fourth-order valence-corrected chi connectivity index (χ4v) is 4.48. The van der Waals surface area contributed by atoms with Gasteiger partial charge in [0, 0.05) is 35.5 Å². The summed E-state index contributed by atoms with van der Waals surface area (Å²) in [7, 11) is -2.50. The van der Waals surface area contributed by atoms with E-state index in [-0.39, 0.29) is 42.5 Å². The van der Waals surface area contributed by atoms with Gasteiger partial charge < -0.3 is 14.4 Å². The smallest absolute Gasteiger partial charge is 0.748 e. The maximum Gasteiger partial charge on any atom is 1.00 e. The predicted octanol–water partition coefficient (Wildman–Crippen LogP) is 1.82. The first kappa shape index (κ1) is 28.7. The molecule has 3 rings (SSSR count). The van der Waals surface area contributed by atoms with E-state index in [2.05, 4.69) is 12.1 Å². The van der Waals surface area contributed by atoms with Gasteiger partial charge in [-0.2, -0.15) is 10.5 Å². The quantitative estimate of drug-likeness (QED) is 0.239. The van der Waals surface area contributed by atoms with Crippen molar-refractivity contribution in [3.05, 3.63) is 88.2 Å². The van der Waals surface area contributed by atoms with Crippen molar-refractivity contribution >= 4 is 38.7 Å². The number of hydrogen-bond donors (Lipinski definition) is 0. The Labute approximate surface area is 233 Å². The van der Waals surface area contributed by atoms with Crippen LogP contribution in [0.5, 0.6) is 0 Å². The van der Waals surface area contributed by atoms with Crippen LogP contribution in [-0.4, -0.2) is 32.3 Å². The topological polar surface area (TPSA) is 111 Å². The van der Waals surface area contributed by atoms with Crippen LogP contribution in [0.4, 0.5) is 11.4 Å². The van der Waals surface area contributed by atoms with Crippen molar-refractivity contribution in [2.75, 3.05) is 29.1 Å². The van der Waals surface area contributed by atoms with Crippen molar-refractivity contribution in [1.29, 1.82) is 10.5 Å². The van der Waals surface area contributed by atoms with Gasteiger partial charge in [0.25, 0.3) is 0 Å². The zero-order chi connectivity index (χ0) is 24.9. The molecule has 0 radical (unpaired) electrons. The first-order chi connectivity index (χ1) is 16.2. The molecule has 0 N–H and O–H groups in total. The molecule has 2 aromatic carbocycles. The number of allylic oxidation sites excluding steroid dienone is 5. The van der Waals surface area contributed by atoms with Gasteiger partial charge in [-0.25, -0.2) is 8.42 Å². The van der Waals surface area contributed by atoms with E-state index in [9.17, 15) is 23.5 Å². The number of rotatable bonds is 7. The SMILES string of the molecule is C/C(C#N)=C(/C(C#N)=C/C=C1\N(C)c2ccc(Cl)cc2N1CCCS(=O)(=O)[O-])c1ccccc1.[Na+]. The third-order valence-electron chi connectivity index (χ3n) is 5.38. The molecule has 7 nitrogen and oxygen atoms in total. The second-order valence-electron chi connectivity index (χ2n) is 7.65. The Hall–Kier alpha value is -2.56. The Kier molecular flexibility index (Phi) is 10.2. The molecule has 0 spiro atoms. The van der Waals surface area contributed by atoms with Crippen LogP contribution in [0.15, 0.2) is 77.7 Å². The van der Waals surface area contributed by atoms with Crippen molar-refractivity contribution in [2.24, 2.45) is 0 Å². The molecule has 1 aliphatic heterocycles. The summed E-state index contributed by atoms with van der Waals surface area (Å²) in [6.45, 7) is 1.93. The summed E-state index contributed by atoms with van der Waals surface area (Å²) in [5.41, 5.74) is 3.61. The summed E-state index contributed by atoms with van der Waals surface area (Å²) in [4.78, 5) is 3.76. The number of nitrogens with zero attached hydrogens (tertiary/aromatic N) is 4. The monoisotopic (exact) mass is 516 g/mol. The van der Waals surface area contributed by atoms with E-state index in [0.29, 0.717) is 27.6 Å². The molecule has 35 heavy (non-hydrogen) atoms. The standard InChI is InChI=1S/C25H23ClN4O3S.Na/c1-18(16-27)25(19-7-4-3-5-8-19)20(17-28)9-12-24-29(2)22-11-10-21(26)15-23(22)30(24)13-6-14-34(31,32)33;/h3-5,7-12,15H,6,13-14H2,1-2H3,(H,31,32,33);/q;+1/p-1/b20-9+,24-12+,25-18-;. The molecule has 0 aliphatic carbocycles. The van der Waals surface area contributed by atoms with Crippen molar-refractivity contribution in [1.82, 2.24) is 0 Å². The van der Waals surface area contributed by atoms with Gasteiger partial charge in [0.2, 0.25) is 0 Å². The maximum atomic E-state index is 11.1. The molecule has 0 saturated carbocycles. The van der Waals surface area contributed by atoms with Gasteiger partial charge in [-0.1, -0.05) is 41.9 Å². The van der Waals surface area contributed by atoms with Crippen molar-refractivity contribution in [3.63, 3.8) is 0 Å². The van der Waals surface area contributed by atoms with Crippen LogP contribution in [0, 0.1) is 22.7 Å². The van der Waals surface area contributed by atoms with Gasteiger partial charge >= 0.3 is 29.6 Å². The minimum Gasteiger partial charge on any atom is -0.748 e. The number of hydrogen-bond acceptors (Lipinski definition) is 7. The number of fused-ring (bicyclic) bond motifs is 1. The average Bonchev–Trinajstić information content (AvgIpc) is 3.06. The molecule has 0 fully saturated rings. The van der Waals surface area contributed by atoms with Crippen LogP contribution in [0.25, 0.3) is 5.57 Å². The summed E-state index contributed by atoms with van der Waals surface area (Å²) in [5.74, 6) is 0.188. The Bertz CT molecular complexity index is 1370. The summed E-state index contributed by atoms with van der Waals surface area (Å²) in [6, 6.07) is 18.9. The molecule has 0 unspecified atom stereocenters. The fourth-order valence-electron chi connectivity index (χ4n) is 3.83. The zero-order valence-electron chi connectivity index (χ0n) is 19.7. The van der Waals surface area contributed by atoms with Crippen LogP contribution >= 0.6 is 11.6 Å². The van der Waals surface area contributed by atoms with E-state index in [1.165, 1.54) is 0 Å². The van der Waals surface area contributed by atoms with Crippen LogP contribution in [0.1, 0.15) is 18.9 Å². The Balaban J connectivity index is 0.00000432. The van der Waals surface area contributed by atoms with Gasteiger partial charge in [-0.3, -0.25) is 0 Å². The molecule has 0 aromatic heterocycles. The molecule has 0 atom stereocenters. The van der Waals surface area contributed by atoms with Gasteiger partial charge in [-0.15, -0.1) is 0 Å². The predicted molar refractivity (Wildman–Crippen MR) is 133 cm³/mol. The first-order valence-electron chi connectivity index (χ1n) is 10.4. The minimum atomic E-state index is -4.34. The van der Waals surface area contributed by atoms with Crippen LogP contribution < -0.4 is 39.4 Å². The van der Waals surface area contributed by atoms with E-state index in [4.69, 9.17) is 11.6 Å². The molecular formula is C25H22ClN4NaO3S. The van der Waals surface area contributed by atoms with Gasteiger partial charge in [0.15, 0.2) is 0 Å². The van der Waals surface area contributed by atoms with Gasteiger partial charge in [0.1, 0.15) is 5.82 Å². The normalized spacial score (nSPS) is 15.1. The van der Waals surface area contributed by atoms with Gasteiger partial charge in [-0.05, 0) is 49.3 Å². The summed E-state index contributed by atoms with van der Waals surface area (Å²) >= 11 is 6.20. The van der Waals surface area contributed by atoms with Gasteiger partial charge in [0.05, 0.1) is 39.2 Å². The van der Waals surface area contributed by atoms with E-state index in [0.717, 1.165) is 16.9 Å². The van der Waals surface area contributed by atoms with E-state index in [1.807, 2.05) is 53.2 Å². The van der Waals surface area contributed by atoms with Crippen LogP contribution in [0.3, 0.4) is 0 Å². The van der Waals surface area contributed by atoms with E-state index >= 15 is 0 Å². The second kappa shape index (κ2) is 12.4. The molecule has 1 heterocycles. The summed E-state index contributed by atoms with van der Waals surface area (Å²) in [5, 5.41) is 19.9. The fraction of sp³-hybridized carbons (Fsp3) is 0.200. The number of benzene rings is 2. The van der Waals surface area contributed by atoms with E-state index in [1.54, 1.807) is 31.2 Å². The number of halogens is 1. The summed E-state index contributed by atoms with van der Waals surface area (Å²) < 4.78 is 33.3.